The van der Waals surface area contributed by atoms with Crippen LogP contribution >= 0.6 is 11.3 Å². The largest absolute Gasteiger partial charge is 0.352 e. The number of aryl methyl sites for hydroxylation is 1. The highest BCUT2D eigenvalue weighted by Crippen LogP contribution is 2.31. The molecule has 2 aromatic heterocycles. The van der Waals surface area contributed by atoms with Crippen LogP contribution in [0.25, 0.3) is 0 Å². The summed E-state index contributed by atoms with van der Waals surface area (Å²) in [5.41, 5.74) is 2.50. The van der Waals surface area contributed by atoms with E-state index in [1.54, 1.807) is 11.3 Å². The van der Waals surface area contributed by atoms with E-state index in [9.17, 15) is 9.59 Å². The number of pyridine rings is 1. The lowest BCUT2D eigenvalue weighted by atomic mass is 9.88. The van der Waals surface area contributed by atoms with Crippen LogP contribution < -0.4 is 5.32 Å². The minimum atomic E-state index is -0.0495. The van der Waals surface area contributed by atoms with Gasteiger partial charge in [-0.3, -0.25) is 14.6 Å². The number of hydrogen-bond donors (Lipinski definition) is 1. The Labute approximate surface area is 188 Å². The molecule has 2 aliphatic rings. The van der Waals surface area contributed by atoms with Gasteiger partial charge in [-0.15, -0.1) is 11.3 Å². The number of carbonyl (C=O) groups excluding carboxylic acids is 2. The summed E-state index contributed by atoms with van der Waals surface area (Å²) in [5, 5.41) is 5.12. The molecular weight excluding hydrogens is 406 g/mol. The number of allylic oxidation sites excluding steroid dienone is 2. The van der Waals surface area contributed by atoms with E-state index < -0.39 is 0 Å². The number of hydrogen-bond acceptors (Lipinski definition) is 4. The zero-order valence-corrected chi connectivity index (χ0v) is 19.0. The topological polar surface area (TPSA) is 62.3 Å². The molecule has 164 valence electrons. The van der Waals surface area contributed by atoms with Crippen molar-refractivity contribution in [3.63, 3.8) is 0 Å². The fourth-order valence-electron chi connectivity index (χ4n) is 4.58. The normalized spacial score (nSPS) is 19.4. The molecular formula is C25H31N3O2S. The Balaban J connectivity index is 1.37. The highest BCUT2D eigenvalue weighted by atomic mass is 32.1. The SMILES string of the molecule is Cc1ccc(C(=O)NCCc2cccs2)c(C2CCN(C(=O)C3CC=CCC3)CC2)n1. The lowest BCUT2D eigenvalue weighted by Gasteiger charge is -2.35. The van der Waals surface area contributed by atoms with E-state index >= 15 is 0 Å². The molecule has 2 amide bonds. The molecule has 2 aromatic rings. The third-order valence-electron chi connectivity index (χ3n) is 6.36. The highest BCUT2D eigenvalue weighted by molar-refractivity contribution is 7.09. The molecule has 0 radical (unpaired) electrons. The van der Waals surface area contributed by atoms with Gasteiger partial charge in [0.05, 0.1) is 11.3 Å². The van der Waals surface area contributed by atoms with Crippen molar-refractivity contribution >= 4 is 23.2 Å². The number of thiophene rings is 1. The van der Waals surface area contributed by atoms with Crippen LogP contribution in [0.5, 0.6) is 0 Å². The van der Waals surface area contributed by atoms with Crippen LogP contribution in [0.4, 0.5) is 0 Å². The number of aromatic nitrogens is 1. The third-order valence-corrected chi connectivity index (χ3v) is 7.29. The molecule has 0 bridgehead atoms. The quantitative estimate of drug-likeness (QED) is 0.678. The summed E-state index contributed by atoms with van der Waals surface area (Å²) < 4.78 is 0. The van der Waals surface area contributed by atoms with Gasteiger partial charge in [0.15, 0.2) is 0 Å². The van der Waals surface area contributed by atoms with Crippen LogP contribution in [-0.4, -0.2) is 41.3 Å². The Morgan fingerprint density at radius 1 is 1.16 bits per heavy atom. The van der Waals surface area contributed by atoms with E-state index in [4.69, 9.17) is 4.98 Å². The zero-order valence-electron chi connectivity index (χ0n) is 18.2. The maximum absolute atomic E-state index is 12.9. The average Bonchev–Trinajstić information content (AvgIpc) is 3.33. The molecule has 1 fully saturated rings. The fourth-order valence-corrected chi connectivity index (χ4v) is 5.29. The molecule has 1 unspecified atom stereocenters. The molecule has 5 nitrogen and oxygen atoms in total. The van der Waals surface area contributed by atoms with Crippen molar-refractivity contribution in [3.05, 3.63) is 63.6 Å². The summed E-state index contributed by atoms with van der Waals surface area (Å²) in [5.74, 6) is 0.606. The van der Waals surface area contributed by atoms with Gasteiger partial charge < -0.3 is 10.2 Å². The van der Waals surface area contributed by atoms with Gasteiger partial charge in [-0.2, -0.15) is 0 Å². The molecule has 0 aromatic carbocycles. The Morgan fingerprint density at radius 2 is 2.00 bits per heavy atom. The van der Waals surface area contributed by atoms with Crippen LogP contribution in [0, 0.1) is 12.8 Å². The first-order chi connectivity index (χ1) is 15.1. The van der Waals surface area contributed by atoms with Crippen LogP contribution in [0.2, 0.25) is 0 Å². The molecule has 1 saturated heterocycles. The summed E-state index contributed by atoms with van der Waals surface area (Å²) in [4.78, 5) is 33.8. The highest BCUT2D eigenvalue weighted by Gasteiger charge is 2.30. The first-order valence-electron chi connectivity index (χ1n) is 11.3. The van der Waals surface area contributed by atoms with E-state index in [0.717, 1.165) is 63.0 Å². The van der Waals surface area contributed by atoms with E-state index in [1.807, 2.05) is 30.0 Å². The Kier molecular flexibility index (Phi) is 7.17. The Hall–Kier alpha value is -2.47. The smallest absolute Gasteiger partial charge is 0.253 e. The predicted octanol–water partition coefficient (Wildman–Crippen LogP) is 4.49. The van der Waals surface area contributed by atoms with Gasteiger partial charge in [0, 0.05) is 42.0 Å². The number of likely N-dealkylation sites (tertiary alicyclic amines) is 1. The Morgan fingerprint density at radius 3 is 2.71 bits per heavy atom. The van der Waals surface area contributed by atoms with Gasteiger partial charge in [0.25, 0.3) is 5.91 Å². The number of nitrogens with one attached hydrogen (secondary N) is 1. The van der Waals surface area contributed by atoms with Crippen molar-refractivity contribution in [3.8, 4) is 0 Å². The van der Waals surface area contributed by atoms with Crippen molar-refractivity contribution in [2.24, 2.45) is 5.92 Å². The molecule has 1 atom stereocenters. The number of amides is 2. The van der Waals surface area contributed by atoms with Crippen molar-refractivity contribution < 1.29 is 9.59 Å². The standard InChI is InChI=1S/C25H31N3O2S/c1-18-9-10-22(24(29)26-14-11-21-8-5-17-31-21)23(27-18)19-12-15-28(16-13-19)25(30)20-6-3-2-4-7-20/h2-3,5,8-10,17,19-20H,4,6-7,11-16H2,1H3,(H,26,29). The van der Waals surface area contributed by atoms with Crippen LogP contribution in [0.15, 0.2) is 41.8 Å². The van der Waals surface area contributed by atoms with Gasteiger partial charge in [-0.25, -0.2) is 0 Å². The maximum Gasteiger partial charge on any atom is 0.253 e. The van der Waals surface area contributed by atoms with E-state index in [2.05, 4.69) is 28.9 Å². The molecule has 1 aliphatic carbocycles. The molecule has 1 aliphatic heterocycles. The second-order valence-electron chi connectivity index (χ2n) is 8.55. The van der Waals surface area contributed by atoms with Crippen LogP contribution in [0.1, 0.15) is 64.6 Å². The summed E-state index contributed by atoms with van der Waals surface area (Å²) in [7, 11) is 0. The minimum absolute atomic E-state index is 0.0495. The van der Waals surface area contributed by atoms with Gasteiger partial charge in [0.1, 0.15) is 0 Å². The monoisotopic (exact) mass is 437 g/mol. The zero-order chi connectivity index (χ0) is 21.6. The average molecular weight is 438 g/mol. The Bertz CT molecular complexity index is 930. The molecule has 6 heteroatoms. The summed E-state index contributed by atoms with van der Waals surface area (Å²) in [6.07, 6.45) is 9.71. The van der Waals surface area contributed by atoms with Crippen LogP contribution in [-0.2, 0) is 11.2 Å². The van der Waals surface area contributed by atoms with Gasteiger partial charge in [-0.05, 0) is 69.0 Å². The number of carbonyl (C=O) groups is 2. The van der Waals surface area contributed by atoms with Crippen LogP contribution in [0.3, 0.4) is 0 Å². The first kappa shape index (κ1) is 21.8. The van der Waals surface area contributed by atoms with Gasteiger partial charge >= 0.3 is 0 Å². The van der Waals surface area contributed by atoms with E-state index in [-0.39, 0.29) is 17.7 Å². The van der Waals surface area contributed by atoms with E-state index in [1.165, 1.54) is 4.88 Å². The second kappa shape index (κ2) is 10.2. The number of rotatable bonds is 6. The van der Waals surface area contributed by atoms with Crippen molar-refractivity contribution in [1.29, 1.82) is 0 Å². The summed E-state index contributed by atoms with van der Waals surface area (Å²) >= 11 is 1.71. The summed E-state index contributed by atoms with van der Waals surface area (Å²) in [6.45, 7) is 4.09. The third kappa shape index (κ3) is 5.42. The summed E-state index contributed by atoms with van der Waals surface area (Å²) in [6, 6.07) is 7.94. The maximum atomic E-state index is 12.9. The fraction of sp³-hybridized carbons (Fsp3) is 0.480. The predicted molar refractivity (Wildman–Crippen MR) is 124 cm³/mol. The van der Waals surface area contributed by atoms with Crippen molar-refractivity contribution in [2.45, 2.75) is 51.4 Å². The number of piperidine rings is 1. The number of nitrogens with zero attached hydrogens (tertiary/aromatic N) is 2. The lowest BCUT2D eigenvalue weighted by Crippen LogP contribution is -2.42. The molecule has 1 N–H and O–H groups in total. The van der Waals surface area contributed by atoms with E-state index in [0.29, 0.717) is 18.0 Å². The minimum Gasteiger partial charge on any atom is -0.352 e. The molecule has 0 saturated carbocycles. The molecule has 4 rings (SSSR count). The second-order valence-corrected chi connectivity index (χ2v) is 9.58. The van der Waals surface area contributed by atoms with Gasteiger partial charge in [0.2, 0.25) is 5.91 Å². The lowest BCUT2D eigenvalue weighted by molar-refractivity contribution is -0.136. The van der Waals surface area contributed by atoms with Crippen molar-refractivity contribution in [1.82, 2.24) is 15.2 Å². The molecule has 0 spiro atoms. The molecule has 31 heavy (non-hydrogen) atoms. The molecule has 3 heterocycles. The van der Waals surface area contributed by atoms with Gasteiger partial charge in [-0.1, -0.05) is 18.2 Å². The first-order valence-corrected chi connectivity index (χ1v) is 12.2. The van der Waals surface area contributed by atoms with Crippen molar-refractivity contribution in [2.75, 3.05) is 19.6 Å².